The Labute approximate surface area is 457 Å². The first kappa shape index (κ1) is 71.9. The highest BCUT2D eigenvalue weighted by atomic mass is 16.5. The van der Waals surface area contributed by atoms with Gasteiger partial charge in [-0.05, 0) is 25.7 Å². The second-order valence-electron chi connectivity index (χ2n) is 23.5. The molecule has 436 valence electrons. The summed E-state index contributed by atoms with van der Waals surface area (Å²) >= 11 is 0. The number of rotatable bonds is 64. The Balaban J connectivity index is 3.31. The zero-order valence-electron chi connectivity index (χ0n) is 49.9. The van der Waals surface area contributed by atoms with E-state index in [9.17, 15) is 19.8 Å². The fourth-order valence-corrected chi connectivity index (χ4v) is 11.0. The third-order valence-electron chi connectivity index (χ3n) is 16.2. The van der Waals surface area contributed by atoms with Crippen molar-refractivity contribution in [1.29, 1.82) is 0 Å². The molecule has 0 saturated carbocycles. The SMILES string of the molecule is CCCCCCCCCCCCCCCCCCCC(=O)OCCCCCCCCCCCCCCCCCCCCCCCCCCCCC(=O)NC(CO)C(O)CCCCCCCCCCCCCCC. The highest BCUT2D eigenvalue weighted by molar-refractivity contribution is 5.76. The van der Waals surface area contributed by atoms with Gasteiger partial charge in [-0.15, -0.1) is 0 Å². The second kappa shape index (κ2) is 63.4. The first-order valence-corrected chi connectivity index (χ1v) is 33.8. The van der Waals surface area contributed by atoms with Gasteiger partial charge in [0.1, 0.15) is 0 Å². The molecule has 0 rings (SSSR count). The number of aliphatic hydroxyl groups excluding tert-OH is 2. The third-order valence-corrected chi connectivity index (χ3v) is 16.2. The van der Waals surface area contributed by atoms with Crippen molar-refractivity contribution < 1.29 is 24.5 Å². The lowest BCUT2D eigenvalue weighted by atomic mass is 10.0. The van der Waals surface area contributed by atoms with Crippen LogP contribution in [-0.4, -0.2) is 47.4 Å². The van der Waals surface area contributed by atoms with Gasteiger partial charge in [0.2, 0.25) is 5.91 Å². The highest BCUT2D eigenvalue weighted by Gasteiger charge is 2.20. The van der Waals surface area contributed by atoms with E-state index in [2.05, 4.69) is 19.2 Å². The van der Waals surface area contributed by atoms with Crippen LogP contribution in [0.2, 0.25) is 0 Å². The normalized spacial score (nSPS) is 12.4. The zero-order chi connectivity index (χ0) is 52.9. The van der Waals surface area contributed by atoms with Crippen molar-refractivity contribution >= 4 is 11.9 Å². The van der Waals surface area contributed by atoms with Gasteiger partial charge in [0, 0.05) is 12.8 Å². The molecule has 6 heteroatoms. The molecular formula is C67H133NO5. The quantitative estimate of drug-likeness (QED) is 0.0417. The van der Waals surface area contributed by atoms with Gasteiger partial charge in [0.25, 0.3) is 0 Å². The van der Waals surface area contributed by atoms with Gasteiger partial charge in [-0.3, -0.25) is 9.59 Å². The van der Waals surface area contributed by atoms with Crippen LogP contribution in [0.1, 0.15) is 393 Å². The maximum atomic E-state index is 12.5. The number of carbonyl (C=O) groups excluding carboxylic acids is 2. The van der Waals surface area contributed by atoms with Gasteiger partial charge >= 0.3 is 5.97 Å². The van der Waals surface area contributed by atoms with Gasteiger partial charge < -0.3 is 20.3 Å². The summed E-state index contributed by atoms with van der Waals surface area (Å²) < 4.78 is 5.51. The molecule has 0 fully saturated rings. The van der Waals surface area contributed by atoms with Crippen molar-refractivity contribution in [2.24, 2.45) is 0 Å². The maximum Gasteiger partial charge on any atom is 0.305 e. The van der Waals surface area contributed by atoms with Crippen LogP contribution in [0.5, 0.6) is 0 Å². The zero-order valence-corrected chi connectivity index (χ0v) is 49.9. The minimum atomic E-state index is -0.661. The monoisotopic (exact) mass is 1030 g/mol. The van der Waals surface area contributed by atoms with Crippen LogP contribution in [0.4, 0.5) is 0 Å². The summed E-state index contributed by atoms with van der Waals surface area (Å²) in [6, 6.07) is -0.538. The van der Waals surface area contributed by atoms with Gasteiger partial charge in [-0.2, -0.15) is 0 Å². The molecule has 0 aliphatic rings. The molecule has 0 aliphatic carbocycles. The lowest BCUT2D eigenvalue weighted by Gasteiger charge is -2.22. The fourth-order valence-electron chi connectivity index (χ4n) is 11.0. The average molecular weight is 1030 g/mol. The summed E-state index contributed by atoms with van der Waals surface area (Å²) in [5, 5.41) is 23.3. The van der Waals surface area contributed by atoms with Crippen molar-refractivity contribution in [3.8, 4) is 0 Å². The number of esters is 1. The molecule has 0 aromatic heterocycles. The molecule has 73 heavy (non-hydrogen) atoms. The predicted molar refractivity (Wildman–Crippen MR) is 320 cm³/mol. The van der Waals surface area contributed by atoms with Crippen LogP contribution in [0, 0.1) is 0 Å². The third kappa shape index (κ3) is 60.0. The van der Waals surface area contributed by atoms with E-state index in [1.807, 2.05) is 0 Å². The van der Waals surface area contributed by atoms with Gasteiger partial charge in [0.05, 0.1) is 25.4 Å². The maximum absolute atomic E-state index is 12.5. The molecule has 3 N–H and O–H groups in total. The summed E-state index contributed by atoms with van der Waals surface area (Å²) in [4.78, 5) is 24.6. The highest BCUT2D eigenvalue weighted by Crippen LogP contribution is 2.19. The summed E-state index contributed by atoms with van der Waals surface area (Å²) in [6.45, 7) is 4.99. The van der Waals surface area contributed by atoms with Crippen molar-refractivity contribution in [2.45, 2.75) is 405 Å². The summed E-state index contributed by atoms with van der Waals surface area (Å²) in [5.74, 6) is -0.00767. The van der Waals surface area contributed by atoms with E-state index in [1.165, 1.54) is 321 Å². The standard InChI is InChI=1S/C67H133NO5/c1-3-5-7-9-11-13-15-17-18-29-33-37-41-45-49-53-57-61-67(72)73-62-58-54-50-46-42-38-34-31-28-26-24-22-20-19-21-23-25-27-30-32-36-40-44-48-52-56-60-66(71)68-64(63-69)65(70)59-55-51-47-43-39-35-16-14-12-10-8-6-4-2/h64-65,69-70H,3-63H2,1-2H3,(H,68,71). The Morgan fingerprint density at radius 2 is 0.562 bits per heavy atom. The number of unbranched alkanes of at least 4 members (excludes halogenated alkanes) is 53. The Kier molecular flexibility index (Phi) is 62.4. The van der Waals surface area contributed by atoms with E-state index in [0.717, 1.165) is 38.5 Å². The molecule has 0 aromatic carbocycles. The van der Waals surface area contributed by atoms with Crippen LogP contribution in [0.25, 0.3) is 0 Å². The van der Waals surface area contributed by atoms with E-state index in [1.54, 1.807) is 0 Å². The summed E-state index contributed by atoms with van der Waals surface area (Å²) in [7, 11) is 0. The number of nitrogens with one attached hydrogen (secondary N) is 1. The van der Waals surface area contributed by atoms with Gasteiger partial charge in [0.15, 0.2) is 0 Å². The topological polar surface area (TPSA) is 95.9 Å². The van der Waals surface area contributed by atoms with E-state index in [-0.39, 0.29) is 18.5 Å². The van der Waals surface area contributed by atoms with Crippen LogP contribution in [0.3, 0.4) is 0 Å². The summed E-state index contributed by atoms with van der Waals surface area (Å²) in [6.07, 6.45) is 75.7. The molecule has 2 atom stereocenters. The van der Waals surface area contributed by atoms with E-state index < -0.39 is 12.1 Å². The number of amides is 1. The molecule has 0 saturated heterocycles. The number of hydrogen-bond donors (Lipinski definition) is 3. The Morgan fingerprint density at radius 3 is 0.836 bits per heavy atom. The molecule has 1 amide bonds. The number of aliphatic hydroxyl groups is 2. The number of hydrogen-bond acceptors (Lipinski definition) is 5. The van der Waals surface area contributed by atoms with E-state index in [0.29, 0.717) is 25.9 Å². The predicted octanol–water partition coefficient (Wildman–Crippen LogP) is 21.4. The Hall–Kier alpha value is -1.14. The van der Waals surface area contributed by atoms with Crippen molar-refractivity contribution in [3.05, 3.63) is 0 Å². The number of carbonyl (C=O) groups is 2. The van der Waals surface area contributed by atoms with Crippen molar-refractivity contribution in [3.63, 3.8) is 0 Å². The fraction of sp³-hybridized carbons (Fsp3) is 0.970. The molecule has 6 nitrogen and oxygen atoms in total. The molecule has 0 spiro atoms. The average Bonchev–Trinajstić information content (AvgIpc) is 3.39. The molecule has 0 aliphatic heterocycles. The first-order valence-electron chi connectivity index (χ1n) is 33.8. The second-order valence-corrected chi connectivity index (χ2v) is 23.5. The smallest absolute Gasteiger partial charge is 0.305 e. The van der Waals surface area contributed by atoms with Crippen LogP contribution < -0.4 is 5.32 Å². The lowest BCUT2D eigenvalue weighted by molar-refractivity contribution is -0.143. The minimum Gasteiger partial charge on any atom is -0.466 e. The Morgan fingerprint density at radius 1 is 0.329 bits per heavy atom. The van der Waals surface area contributed by atoms with Gasteiger partial charge in [-0.1, -0.05) is 354 Å². The molecule has 0 aromatic rings. The molecule has 0 heterocycles. The first-order chi connectivity index (χ1) is 36.0. The largest absolute Gasteiger partial charge is 0.466 e. The minimum absolute atomic E-state index is 0.0224. The van der Waals surface area contributed by atoms with Crippen LogP contribution in [0.15, 0.2) is 0 Å². The van der Waals surface area contributed by atoms with Crippen LogP contribution in [-0.2, 0) is 14.3 Å². The molecular weight excluding hydrogens is 899 g/mol. The van der Waals surface area contributed by atoms with Crippen molar-refractivity contribution in [1.82, 2.24) is 5.32 Å². The lowest BCUT2D eigenvalue weighted by Crippen LogP contribution is -2.45. The van der Waals surface area contributed by atoms with Crippen LogP contribution >= 0.6 is 0 Å². The van der Waals surface area contributed by atoms with Crippen molar-refractivity contribution in [2.75, 3.05) is 13.2 Å². The number of ether oxygens (including phenoxy) is 1. The molecule has 0 bridgehead atoms. The molecule has 0 radical (unpaired) electrons. The van der Waals surface area contributed by atoms with E-state index >= 15 is 0 Å². The Bertz CT molecular complexity index is 1050. The van der Waals surface area contributed by atoms with E-state index in [4.69, 9.17) is 4.74 Å². The molecule has 2 unspecified atom stereocenters. The van der Waals surface area contributed by atoms with Gasteiger partial charge in [-0.25, -0.2) is 0 Å². The summed E-state index contributed by atoms with van der Waals surface area (Å²) in [5.41, 5.74) is 0.